The number of halogens is 2. The largest absolute Gasteiger partial charge is 0.466 e. The summed E-state index contributed by atoms with van der Waals surface area (Å²) in [6, 6.07) is 3.22. The number of rotatable bonds is 3. The average Bonchev–Trinajstić information content (AvgIpc) is 2.83. The van der Waals surface area contributed by atoms with Crippen LogP contribution in [0, 0.1) is 0 Å². The summed E-state index contributed by atoms with van der Waals surface area (Å²) in [5, 5.41) is 3.94. The van der Waals surface area contributed by atoms with Gasteiger partial charge in [-0.25, -0.2) is 4.79 Å². The highest BCUT2D eigenvalue weighted by Gasteiger charge is 2.22. The number of carbonyl (C=O) groups excluding carboxylic acids is 1. The average molecular weight is 319 g/mol. The van der Waals surface area contributed by atoms with E-state index in [1.807, 2.05) is 0 Å². The molecule has 0 saturated heterocycles. The molecule has 1 aliphatic rings. The van der Waals surface area contributed by atoms with E-state index < -0.39 is 0 Å². The van der Waals surface area contributed by atoms with Crippen LogP contribution in [0.5, 0.6) is 0 Å². The van der Waals surface area contributed by atoms with Gasteiger partial charge in [0, 0.05) is 17.2 Å². The lowest BCUT2D eigenvalue weighted by molar-refractivity contribution is -0.136. The summed E-state index contributed by atoms with van der Waals surface area (Å²) in [6.07, 6.45) is 0. The highest BCUT2D eigenvalue weighted by atomic mass is 35.5. The number of thioether (sulfide) groups is 1. The van der Waals surface area contributed by atoms with Crippen molar-refractivity contribution in [3.8, 4) is 0 Å². The molecule has 0 aromatic heterocycles. The first kappa shape index (κ1) is 14.4. The molecule has 1 heterocycles. The van der Waals surface area contributed by atoms with Gasteiger partial charge < -0.3 is 15.8 Å². The van der Waals surface area contributed by atoms with Gasteiger partial charge in [-0.15, -0.1) is 0 Å². The van der Waals surface area contributed by atoms with E-state index in [0.29, 0.717) is 38.5 Å². The number of nitrogens with two attached hydrogens (primary N) is 1. The summed E-state index contributed by atoms with van der Waals surface area (Å²) in [5.41, 5.74) is 8.40. The van der Waals surface area contributed by atoms with Crippen molar-refractivity contribution in [1.82, 2.24) is 0 Å². The SMILES string of the molecule is COC(=O)C1=C(Nc2cc(Cl)c(Cl)cc2N)CSC1. The minimum atomic E-state index is -0.328. The molecule has 1 aromatic carbocycles. The molecule has 0 bridgehead atoms. The van der Waals surface area contributed by atoms with Gasteiger partial charge in [0.1, 0.15) is 0 Å². The molecule has 3 N–H and O–H groups in total. The smallest absolute Gasteiger partial charge is 0.336 e. The van der Waals surface area contributed by atoms with Crippen LogP contribution in [-0.2, 0) is 9.53 Å². The van der Waals surface area contributed by atoms with E-state index in [4.69, 9.17) is 33.7 Å². The first-order chi connectivity index (χ1) is 9.02. The zero-order valence-electron chi connectivity index (χ0n) is 10.1. The number of hydrogen-bond donors (Lipinski definition) is 2. The van der Waals surface area contributed by atoms with Crippen LogP contribution in [0.2, 0.25) is 10.0 Å². The Labute approximate surface area is 125 Å². The number of nitrogen functional groups attached to an aromatic ring is 1. The summed E-state index contributed by atoms with van der Waals surface area (Å²) in [4.78, 5) is 11.6. The lowest BCUT2D eigenvalue weighted by atomic mass is 10.2. The number of esters is 1. The van der Waals surface area contributed by atoms with Gasteiger partial charge >= 0.3 is 5.97 Å². The van der Waals surface area contributed by atoms with Crippen molar-refractivity contribution in [3.63, 3.8) is 0 Å². The topological polar surface area (TPSA) is 64.3 Å². The third kappa shape index (κ3) is 3.11. The van der Waals surface area contributed by atoms with E-state index in [1.54, 1.807) is 23.9 Å². The predicted molar refractivity (Wildman–Crippen MR) is 80.9 cm³/mol. The number of methoxy groups -OCH3 is 1. The van der Waals surface area contributed by atoms with Crippen LogP contribution in [0.15, 0.2) is 23.4 Å². The maximum atomic E-state index is 11.6. The molecule has 0 spiro atoms. The second-order valence-electron chi connectivity index (χ2n) is 3.92. The molecule has 19 heavy (non-hydrogen) atoms. The molecule has 1 aromatic rings. The Hall–Kier alpha value is -1.04. The van der Waals surface area contributed by atoms with Crippen molar-refractivity contribution >= 4 is 52.3 Å². The molecule has 0 atom stereocenters. The highest BCUT2D eigenvalue weighted by Crippen LogP contribution is 2.33. The van der Waals surface area contributed by atoms with E-state index in [-0.39, 0.29) is 5.97 Å². The standard InChI is InChI=1S/C12H12Cl2N2O2S/c1-18-12(17)6-4-19-5-11(6)16-10-3-8(14)7(13)2-9(10)15/h2-3,16H,4-5,15H2,1H3. The van der Waals surface area contributed by atoms with Gasteiger partial charge in [-0.1, -0.05) is 23.2 Å². The van der Waals surface area contributed by atoms with Gasteiger partial charge in [-0.05, 0) is 12.1 Å². The maximum Gasteiger partial charge on any atom is 0.336 e. The van der Waals surface area contributed by atoms with Crippen molar-refractivity contribution in [3.05, 3.63) is 33.4 Å². The molecule has 7 heteroatoms. The number of ether oxygens (including phenoxy) is 1. The zero-order valence-corrected chi connectivity index (χ0v) is 12.5. The molecule has 1 aliphatic heterocycles. The van der Waals surface area contributed by atoms with Crippen LogP contribution in [0.4, 0.5) is 11.4 Å². The lowest BCUT2D eigenvalue weighted by Gasteiger charge is -2.12. The highest BCUT2D eigenvalue weighted by molar-refractivity contribution is 8.00. The number of carbonyl (C=O) groups is 1. The Kier molecular flexibility index (Phi) is 4.50. The second kappa shape index (κ2) is 5.94. The van der Waals surface area contributed by atoms with Crippen LogP contribution in [0.3, 0.4) is 0 Å². The van der Waals surface area contributed by atoms with E-state index in [0.717, 1.165) is 5.70 Å². The van der Waals surface area contributed by atoms with Gasteiger partial charge in [0.05, 0.1) is 34.1 Å². The fraction of sp³-hybridized carbons (Fsp3) is 0.250. The van der Waals surface area contributed by atoms with E-state index >= 15 is 0 Å². The number of nitrogens with one attached hydrogen (secondary N) is 1. The third-order valence-electron chi connectivity index (χ3n) is 2.67. The van der Waals surface area contributed by atoms with Gasteiger partial charge in [0.15, 0.2) is 0 Å². The summed E-state index contributed by atoms with van der Waals surface area (Å²) in [5.74, 6) is 0.992. The summed E-state index contributed by atoms with van der Waals surface area (Å²) in [7, 11) is 1.36. The molecule has 102 valence electrons. The van der Waals surface area contributed by atoms with Crippen molar-refractivity contribution in [1.29, 1.82) is 0 Å². The van der Waals surface area contributed by atoms with Gasteiger partial charge in [-0.3, -0.25) is 0 Å². The molecular weight excluding hydrogens is 307 g/mol. The van der Waals surface area contributed by atoms with Gasteiger partial charge in [-0.2, -0.15) is 11.8 Å². The zero-order chi connectivity index (χ0) is 14.0. The summed E-state index contributed by atoms with van der Waals surface area (Å²) >= 11 is 13.5. The lowest BCUT2D eigenvalue weighted by Crippen LogP contribution is -2.12. The van der Waals surface area contributed by atoms with Gasteiger partial charge in [0.25, 0.3) is 0 Å². The molecule has 2 rings (SSSR count). The van der Waals surface area contributed by atoms with Crippen molar-refractivity contribution in [2.24, 2.45) is 0 Å². The van der Waals surface area contributed by atoms with E-state index in [9.17, 15) is 4.79 Å². The van der Waals surface area contributed by atoms with Crippen LogP contribution < -0.4 is 11.1 Å². The molecule has 4 nitrogen and oxygen atoms in total. The van der Waals surface area contributed by atoms with Crippen LogP contribution in [0.25, 0.3) is 0 Å². The second-order valence-corrected chi connectivity index (χ2v) is 5.72. The molecule has 0 unspecified atom stereocenters. The fourth-order valence-electron chi connectivity index (χ4n) is 1.68. The Morgan fingerprint density at radius 1 is 1.37 bits per heavy atom. The Bertz CT molecular complexity index is 561. The minimum Gasteiger partial charge on any atom is -0.466 e. The minimum absolute atomic E-state index is 0.328. The van der Waals surface area contributed by atoms with E-state index in [2.05, 4.69) is 5.32 Å². The normalized spacial score (nSPS) is 14.7. The predicted octanol–water partition coefficient (Wildman–Crippen LogP) is 3.16. The summed E-state index contributed by atoms with van der Waals surface area (Å²) < 4.78 is 4.75. The number of hydrogen-bond acceptors (Lipinski definition) is 5. The third-order valence-corrected chi connectivity index (χ3v) is 4.37. The van der Waals surface area contributed by atoms with Crippen LogP contribution in [0.1, 0.15) is 0 Å². The van der Waals surface area contributed by atoms with Crippen molar-refractivity contribution in [2.75, 3.05) is 29.7 Å². The molecule has 0 amide bonds. The van der Waals surface area contributed by atoms with Crippen molar-refractivity contribution in [2.45, 2.75) is 0 Å². The van der Waals surface area contributed by atoms with Crippen LogP contribution in [-0.4, -0.2) is 24.6 Å². The van der Waals surface area contributed by atoms with Gasteiger partial charge in [0.2, 0.25) is 0 Å². The Morgan fingerprint density at radius 2 is 2.05 bits per heavy atom. The first-order valence-electron chi connectivity index (χ1n) is 5.42. The number of anilines is 2. The Balaban J connectivity index is 2.30. The molecular formula is C12H12Cl2N2O2S. The van der Waals surface area contributed by atoms with E-state index in [1.165, 1.54) is 7.11 Å². The Morgan fingerprint density at radius 3 is 2.74 bits per heavy atom. The quantitative estimate of drug-likeness (QED) is 0.662. The first-order valence-corrected chi connectivity index (χ1v) is 7.33. The molecule has 0 radical (unpaired) electrons. The monoisotopic (exact) mass is 318 g/mol. The van der Waals surface area contributed by atoms with Crippen LogP contribution >= 0.6 is 35.0 Å². The maximum absolute atomic E-state index is 11.6. The molecule has 0 aliphatic carbocycles. The number of benzene rings is 1. The molecule has 0 saturated carbocycles. The molecule has 0 fully saturated rings. The summed E-state index contributed by atoms with van der Waals surface area (Å²) in [6.45, 7) is 0. The fourth-order valence-corrected chi connectivity index (χ4v) is 3.06. The van der Waals surface area contributed by atoms with Crippen molar-refractivity contribution < 1.29 is 9.53 Å².